The molecule has 0 unspecified atom stereocenters. The highest BCUT2D eigenvalue weighted by Gasteiger charge is 2.23. The summed E-state index contributed by atoms with van der Waals surface area (Å²) in [7, 11) is 1.81. The van der Waals surface area contributed by atoms with Crippen LogP contribution in [0.2, 0.25) is 0 Å². The predicted molar refractivity (Wildman–Crippen MR) is 76.9 cm³/mol. The number of nitro benzene ring substituents is 1. The number of nitrogens with zero attached hydrogens (tertiary/aromatic N) is 4. The Hall–Kier alpha value is -1.96. The third-order valence-electron chi connectivity index (χ3n) is 2.81. The lowest BCUT2D eigenvalue weighted by atomic mass is 10.1. The highest BCUT2D eigenvalue weighted by molar-refractivity contribution is 9.08. The van der Waals surface area contributed by atoms with E-state index in [-0.39, 0.29) is 11.4 Å². The van der Waals surface area contributed by atoms with Crippen LogP contribution in [0.25, 0.3) is 11.4 Å². The smallest absolute Gasteiger partial charge is 0.311 e. The molecule has 8 heteroatoms. The average Bonchev–Trinajstić information content (AvgIpc) is 2.80. The lowest BCUT2D eigenvalue weighted by Crippen LogP contribution is -2.02. The average molecular weight is 341 g/mol. The summed E-state index contributed by atoms with van der Waals surface area (Å²) in [4.78, 5) is 10.6. The second-order valence-corrected chi connectivity index (χ2v) is 4.54. The van der Waals surface area contributed by atoms with Crippen molar-refractivity contribution in [2.24, 2.45) is 7.05 Å². The third kappa shape index (κ3) is 2.51. The van der Waals surface area contributed by atoms with E-state index in [0.29, 0.717) is 23.3 Å². The van der Waals surface area contributed by atoms with Crippen molar-refractivity contribution < 1.29 is 9.66 Å². The van der Waals surface area contributed by atoms with Crippen LogP contribution in [0.1, 0.15) is 12.7 Å². The van der Waals surface area contributed by atoms with Crippen LogP contribution in [0.4, 0.5) is 5.69 Å². The zero-order valence-electron chi connectivity index (χ0n) is 11.0. The van der Waals surface area contributed by atoms with Gasteiger partial charge in [-0.2, -0.15) is 0 Å². The first-order valence-electron chi connectivity index (χ1n) is 5.95. The minimum absolute atomic E-state index is 0.0762. The number of ether oxygens (including phenoxy) is 1. The van der Waals surface area contributed by atoms with Gasteiger partial charge in [-0.1, -0.05) is 22.0 Å². The van der Waals surface area contributed by atoms with E-state index in [2.05, 4.69) is 26.1 Å². The Morgan fingerprint density at radius 2 is 2.20 bits per heavy atom. The van der Waals surface area contributed by atoms with Gasteiger partial charge in [-0.15, -0.1) is 10.2 Å². The van der Waals surface area contributed by atoms with E-state index >= 15 is 0 Å². The van der Waals surface area contributed by atoms with Crippen molar-refractivity contribution in [3.05, 3.63) is 34.1 Å². The normalized spacial score (nSPS) is 10.6. The molecule has 0 bridgehead atoms. The Balaban J connectivity index is 2.63. The predicted octanol–water partition coefficient (Wildman–Crippen LogP) is 2.68. The summed E-state index contributed by atoms with van der Waals surface area (Å²) in [6.45, 7) is 2.11. The van der Waals surface area contributed by atoms with Crippen molar-refractivity contribution in [1.29, 1.82) is 0 Å². The van der Waals surface area contributed by atoms with Gasteiger partial charge in [0.25, 0.3) is 0 Å². The topological polar surface area (TPSA) is 83.1 Å². The van der Waals surface area contributed by atoms with Crippen LogP contribution >= 0.6 is 15.9 Å². The number of alkyl halides is 1. The van der Waals surface area contributed by atoms with Gasteiger partial charge in [-0.3, -0.25) is 10.1 Å². The summed E-state index contributed by atoms with van der Waals surface area (Å²) in [5, 5.41) is 19.8. The molecule has 0 aliphatic heterocycles. The Morgan fingerprint density at radius 1 is 1.45 bits per heavy atom. The van der Waals surface area contributed by atoms with Crippen LogP contribution in [0.3, 0.4) is 0 Å². The van der Waals surface area contributed by atoms with Crippen LogP contribution in [-0.2, 0) is 12.4 Å². The number of aromatic nitrogens is 3. The van der Waals surface area contributed by atoms with Gasteiger partial charge in [0, 0.05) is 13.1 Å². The molecule has 0 radical (unpaired) electrons. The van der Waals surface area contributed by atoms with Crippen LogP contribution in [0.15, 0.2) is 18.2 Å². The van der Waals surface area contributed by atoms with Crippen molar-refractivity contribution in [2.75, 3.05) is 6.61 Å². The number of halogens is 1. The molecule has 0 aliphatic rings. The largest absolute Gasteiger partial charge is 0.487 e. The molecule has 1 aromatic carbocycles. The van der Waals surface area contributed by atoms with Crippen LogP contribution in [0.5, 0.6) is 5.75 Å². The van der Waals surface area contributed by atoms with E-state index < -0.39 is 4.92 Å². The van der Waals surface area contributed by atoms with Crippen molar-refractivity contribution in [2.45, 2.75) is 12.3 Å². The Bertz CT molecular complexity index is 642. The molecule has 1 heterocycles. The second kappa shape index (κ2) is 6.00. The molecule has 0 saturated heterocycles. The molecule has 0 N–H and O–H groups in total. The van der Waals surface area contributed by atoms with Crippen molar-refractivity contribution in [3.63, 3.8) is 0 Å². The summed E-state index contributed by atoms with van der Waals surface area (Å²) in [5.74, 6) is 1.48. The number of nitro groups is 1. The zero-order valence-corrected chi connectivity index (χ0v) is 12.6. The highest BCUT2D eigenvalue weighted by Crippen LogP contribution is 2.37. The maximum absolute atomic E-state index is 11.1. The van der Waals surface area contributed by atoms with Gasteiger partial charge < -0.3 is 9.30 Å². The monoisotopic (exact) mass is 340 g/mol. The van der Waals surface area contributed by atoms with Gasteiger partial charge >= 0.3 is 5.69 Å². The van der Waals surface area contributed by atoms with E-state index in [1.165, 1.54) is 6.07 Å². The van der Waals surface area contributed by atoms with Crippen LogP contribution in [0, 0.1) is 10.1 Å². The molecular weight excluding hydrogens is 328 g/mol. The molecule has 7 nitrogen and oxygen atoms in total. The van der Waals surface area contributed by atoms with E-state index in [4.69, 9.17) is 4.74 Å². The van der Waals surface area contributed by atoms with E-state index in [1.807, 2.05) is 0 Å². The van der Waals surface area contributed by atoms with Gasteiger partial charge in [-0.25, -0.2) is 0 Å². The van der Waals surface area contributed by atoms with Gasteiger partial charge in [0.2, 0.25) is 5.75 Å². The molecule has 2 rings (SSSR count). The first-order chi connectivity index (χ1) is 9.60. The standard InChI is InChI=1S/C12H13BrN4O3/c1-3-20-11-8(5-4-6-9(11)17(18)19)12-15-14-10(7-13)16(12)2/h4-6H,3,7H2,1-2H3. The molecule has 20 heavy (non-hydrogen) atoms. The summed E-state index contributed by atoms with van der Waals surface area (Å²) in [6, 6.07) is 4.76. The Labute approximate surface area is 123 Å². The number of rotatable bonds is 5. The number of benzene rings is 1. The van der Waals surface area contributed by atoms with Crippen LogP contribution < -0.4 is 4.74 Å². The molecule has 1 aromatic heterocycles. The number of hydrogen-bond acceptors (Lipinski definition) is 5. The van der Waals surface area contributed by atoms with E-state index in [9.17, 15) is 10.1 Å². The number of para-hydroxylation sites is 1. The summed E-state index contributed by atoms with van der Waals surface area (Å²) in [6.07, 6.45) is 0. The van der Waals surface area contributed by atoms with E-state index in [1.54, 1.807) is 30.7 Å². The maximum atomic E-state index is 11.1. The SMILES string of the molecule is CCOc1c(-c2nnc(CBr)n2C)cccc1[N+](=O)[O-]. The molecule has 0 atom stereocenters. The number of hydrogen-bond donors (Lipinski definition) is 0. The molecule has 0 spiro atoms. The summed E-state index contributed by atoms with van der Waals surface area (Å²) >= 11 is 3.32. The maximum Gasteiger partial charge on any atom is 0.311 e. The fourth-order valence-corrected chi connectivity index (χ4v) is 2.34. The Morgan fingerprint density at radius 3 is 2.75 bits per heavy atom. The van der Waals surface area contributed by atoms with Gasteiger partial charge in [0.1, 0.15) is 5.82 Å². The quantitative estimate of drug-likeness (QED) is 0.474. The molecule has 0 aliphatic carbocycles. The molecule has 0 saturated carbocycles. The lowest BCUT2D eigenvalue weighted by molar-refractivity contribution is -0.385. The fourth-order valence-electron chi connectivity index (χ4n) is 1.85. The first-order valence-corrected chi connectivity index (χ1v) is 7.07. The lowest BCUT2D eigenvalue weighted by Gasteiger charge is -2.10. The minimum atomic E-state index is -0.462. The molecule has 0 fully saturated rings. The molecule has 106 valence electrons. The van der Waals surface area contributed by atoms with E-state index in [0.717, 1.165) is 5.82 Å². The minimum Gasteiger partial charge on any atom is -0.487 e. The fraction of sp³-hybridized carbons (Fsp3) is 0.333. The summed E-state index contributed by atoms with van der Waals surface area (Å²) < 4.78 is 7.22. The van der Waals surface area contributed by atoms with Crippen molar-refractivity contribution >= 4 is 21.6 Å². The third-order valence-corrected chi connectivity index (χ3v) is 3.31. The summed E-state index contributed by atoms with van der Waals surface area (Å²) in [5.41, 5.74) is 0.482. The first kappa shape index (κ1) is 14.4. The van der Waals surface area contributed by atoms with Crippen molar-refractivity contribution in [1.82, 2.24) is 14.8 Å². The van der Waals surface area contributed by atoms with Crippen molar-refractivity contribution in [3.8, 4) is 17.1 Å². The molecular formula is C12H13BrN4O3. The molecule has 0 amide bonds. The van der Waals surface area contributed by atoms with Crippen LogP contribution in [-0.4, -0.2) is 26.3 Å². The van der Waals surface area contributed by atoms with Gasteiger partial charge in [0.15, 0.2) is 5.82 Å². The second-order valence-electron chi connectivity index (χ2n) is 3.98. The van der Waals surface area contributed by atoms with Gasteiger partial charge in [-0.05, 0) is 13.0 Å². The highest BCUT2D eigenvalue weighted by atomic mass is 79.9. The van der Waals surface area contributed by atoms with Gasteiger partial charge in [0.05, 0.1) is 22.4 Å². The molecule has 2 aromatic rings. The zero-order chi connectivity index (χ0) is 14.7. The Kier molecular flexibility index (Phi) is 4.33.